The average Bonchev–Trinajstić information content (AvgIpc) is 2.61. The van der Waals surface area contributed by atoms with Crippen molar-refractivity contribution in [2.45, 2.75) is 25.3 Å². The summed E-state index contributed by atoms with van der Waals surface area (Å²) in [6.45, 7) is 5.23. The van der Waals surface area contributed by atoms with Gasteiger partial charge in [-0.05, 0) is 37.1 Å². The van der Waals surface area contributed by atoms with Crippen molar-refractivity contribution in [1.29, 1.82) is 0 Å². The Kier molecular flexibility index (Phi) is 7.15. The van der Waals surface area contributed by atoms with Crippen LogP contribution in [0.5, 0.6) is 0 Å². The SMILES string of the molecule is CCNC(=NCc1ccccc1C)NCCS(=O)(=O)c1ccccc1F. The zero-order chi connectivity index (χ0) is 19.0. The van der Waals surface area contributed by atoms with E-state index in [0.29, 0.717) is 19.0 Å². The van der Waals surface area contributed by atoms with Crippen LogP contribution in [0.15, 0.2) is 58.4 Å². The number of hydrogen-bond acceptors (Lipinski definition) is 3. The summed E-state index contributed by atoms with van der Waals surface area (Å²) in [5.41, 5.74) is 2.25. The van der Waals surface area contributed by atoms with Crippen LogP contribution < -0.4 is 10.6 Å². The molecular formula is C19H24FN3O2S. The summed E-state index contributed by atoms with van der Waals surface area (Å²) in [6.07, 6.45) is 0. The zero-order valence-corrected chi connectivity index (χ0v) is 15.8. The van der Waals surface area contributed by atoms with Gasteiger partial charge in [0.2, 0.25) is 0 Å². The highest BCUT2D eigenvalue weighted by molar-refractivity contribution is 7.91. The summed E-state index contributed by atoms with van der Waals surface area (Å²) in [5, 5.41) is 6.07. The maximum Gasteiger partial charge on any atom is 0.191 e. The van der Waals surface area contributed by atoms with Gasteiger partial charge in [-0.3, -0.25) is 0 Å². The number of sulfone groups is 1. The van der Waals surface area contributed by atoms with Crippen molar-refractivity contribution < 1.29 is 12.8 Å². The van der Waals surface area contributed by atoms with Crippen molar-refractivity contribution in [3.05, 3.63) is 65.5 Å². The van der Waals surface area contributed by atoms with Crippen LogP contribution >= 0.6 is 0 Å². The Morgan fingerprint density at radius 3 is 2.46 bits per heavy atom. The van der Waals surface area contributed by atoms with Gasteiger partial charge in [0.05, 0.1) is 12.3 Å². The molecule has 2 N–H and O–H groups in total. The minimum Gasteiger partial charge on any atom is -0.357 e. The molecule has 2 rings (SSSR count). The maximum atomic E-state index is 13.7. The third-order valence-corrected chi connectivity index (χ3v) is 5.59. The van der Waals surface area contributed by atoms with Gasteiger partial charge in [-0.1, -0.05) is 36.4 Å². The molecule has 0 saturated carbocycles. The van der Waals surface area contributed by atoms with Crippen molar-refractivity contribution in [3.8, 4) is 0 Å². The predicted octanol–water partition coefficient (Wildman–Crippen LogP) is 2.66. The van der Waals surface area contributed by atoms with Crippen LogP contribution in [0.4, 0.5) is 4.39 Å². The first-order chi connectivity index (χ1) is 12.4. The molecule has 0 fully saturated rings. The standard InChI is InChI=1S/C19H24FN3O2S/c1-3-21-19(23-14-16-9-5-4-8-15(16)2)22-12-13-26(24,25)18-11-7-6-10-17(18)20/h4-11H,3,12-14H2,1-2H3,(H2,21,22,23). The third kappa shape index (κ3) is 5.56. The van der Waals surface area contributed by atoms with Gasteiger partial charge in [0.1, 0.15) is 10.7 Å². The van der Waals surface area contributed by atoms with Crippen LogP contribution in [-0.2, 0) is 16.4 Å². The first-order valence-electron chi connectivity index (χ1n) is 8.48. The number of aryl methyl sites for hydroxylation is 1. The minimum absolute atomic E-state index is 0.135. The Morgan fingerprint density at radius 1 is 1.08 bits per heavy atom. The van der Waals surface area contributed by atoms with Crippen LogP contribution in [0.2, 0.25) is 0 Å². The molecule has 0 radical (unpaired) electrons. The highest BCUT2D eigenvalue weighted by Gasteiger charge is 2.18. The number of guanidine groups is 1. The molecule has 0 aliphatic carbocycles. The first-order valence-corrected chi connectivity index (χ1v) is 10.1. The second-order valence-corrected chi connectivity index (χ2v) is 7.88. The summed E-state index contributed by atoms with van der Waals surface area (Å²) < 4.78 is 38.3. The van der Waals surface area contributed by atoms with Crippen LogP contribution in [-0.4, -0.2) is 33.2 Å². The molecule has 0 atom stereocenters. The summed E-state index contributed by atoms with van der Waals surface area (Å²) in [4.78, 5) is 4.21. The Balaban J connectivity index is 1.99. The number of rotatable bonds is 7. The molecule has 0 aliphatic heterocycles. The van der Waals surface area contributed by atoms with Gasteiger partial charge >= 0.3 is 0 Å². The fourth-order valence-corrected chi connectivity index (χ4v) is 3.65. The second-order valence-electron chi connectivity index (χ2n) is 5.80. The molecule has 0 unspecified atom stereocenters. The lowest BCUT2D eigenvalue weighted by molar-refractivity contribution is 0.566. The molecule has 0 heterocycles. The van der Waals surface area contributed by atoms with Gasteiger partial charge in [0.15, 0.2) is 15.8 Å². The molecule has 0 saturated heterocycles. The number of hydrogen-bond donors (Lipinski definition) is 2. The van der Waals surface area contributed by atoms with Crippen molar-refractivity contribution in [1.82, 2.24) is 10.6 Å². The lowest BCUT2D eigenvalue weighted by atomic mass is 10.1. The van der Waals surface area contributed by atoms with Gasteiger partial charge in [-0.25, -0.2) is 17.8 Å². The van der Waals surface area contributed by atoms with Gasteiger partial charge in [-0.2, -0.15) is 0 Å². The molecule has 0 bridgehead atoms. The molecule has 0 aromatic heterocycles. The van der Waals surface area contributed by atoms with E-state index in [1.807, 2.05) is 38.1 Å². The highest BCUT2D eigenvalue weighted by atomic mass is 32.2. The average molecular weight is 377 g/mol. The van der Waals surface area contributed by atoms with Gasteiger partial charge in [0.25, 0.3) is 0 Å². The molecule has 140 valence electrons. The highest BCUT2D eigenvalue weighted by Crippen LogP contribution is 2.14. The molecule has 26 heavy (non-hydrogen) atoms. The lowest BCUT2D eigenvalue weighted by Gasteiger charge is -2.12. The van der Waals surface area contributed by atoms with E-state index >= 15 is 0 Å². The smallest absolute Gasteiger partial charge is 0.191 e. The predicted molar refractivity (Wildman–Crippen MR) is 102 cm³/mol. The van der Waals surface area contributed by atoms with E-state index in [1.165, 1.54) is 18.2 Å². The topological polar surface area (TPSA) is 70.6 Å². The molecule has 0 aliphatic rings. The molecule has 2 aromatic carbocycles. The van der Waals surface area contributed by atoms with Crippen LogP contribution in [0.1, 0.15) is 18.1 Å². The molecule has 2 aromatic rings. The number of halogens is 1. The Bertz CT molecular complexity index is 867. The molecular weight excluding hydrogens is 353 g/mol. The number of nitrogens with one attached hydrogen (secondary N) is 2. The summed E-state index contributed by atoms with van der Waals surface area (Å²) >= 11 is 0. The maximum absolute atomic E-state index is 13.7. The monoisotopic (exact) mass is 377 g/mol. The van der Waals surface area contributed by atoms with Gasteiger partial charge < -0.3 is 10.6 Å². The normalized spacial score (nSPS) is 12.0. The van der Waals surface area contributed by atoms with Crippen molar-refractivity contribution in [3.63, 3.8) is 0 Å². The van der Waals surface area contributed by atoms with E-state index in [-0.39, 0.29) is 17.2 Å². The van der Waals surface area contributed by atoms with E-state index in [2.05, 4.69) is 15.6 Å². The fourth-order valence-electron chi connectivity index (χ4n) is 2.40. The van der Waals surface area contributed by atoms with Gasteiger partial charge in [-0.15, -0.1) is 0 Å². The van der Waals surface area contributed by atoms with E-state index < -0.39 is 15.7 Å². The quantitative estimate of drug-likeness (QED) is 0.575. The fraction of sp³-hybridized carbons (Fsp3) is 0.316. The molecule has 7 heteroatoms. The number of benzene rings is 2. The van der Waals surface area contributed by atoms with Crippen LogP contribution in [0, 0.1) is 12.7 Å². The van der Waals surface area contributed by atoms with Crippen molar-refractivity contribution >= 4 is 15.8 Å². The zero-order valence-electron chi connectivity index (χ0n) is 15.0. The number of nitrogens with zero attached hydrogens (tertiary/aromatic N) is 1. The lowest BCUT2D eigenvalue weighted by Crippen LogP contribution is -2.39. The Hall–Kier alpha value is -2.41. The van der Waals surface area contributed by atoms with Crippen LogP contribution in [0.25, 0.3) is 0 Å². The summed E-state index contributed by atoms with van der Waals surface area (Å²) in [7, 11) is -3.70. The Morgan fingerprint density at radius 2 is 1.77 bits per heavy atom. The molecule has 5 nitrogen and oxygen atoms in total. The number of aliphatic imine (C=N–C) groups is 1. The third-order valence-electron chi connectivity index (χ3n) is 3.85. The second kappa shape index (κ2) is 9.33. The molecule has 0 amide bonds. The van der Waals surface area contributed by atoms with Crippen LogP contribution in [0.3, 0.4) is 0 Å². The van der Waals surface area contributed by atoms with E-state index in [4.69, 9.17) is 0 Å². The van der Waals surface area contributed by atoms with Crippen molar-refractivity contribution in [2.24, 2.45) is 4.99 Å². The Labute approximate surface area is 154 Å². The molecule has 0 spiro atoms. The van der Waals surface area contributed by atoms with E-state index in [1.54, 1.807) is 0 Å². The van der Waals surface area contributed by atoms with Crippen molar-refractivity contribution in [2.75, 3.05) is 18.8 Å². The first kappa shape index (κ1) is 19.9. The summed E-state index contributed by atoms with van der Waals surface area (Å²) in [5.74, 6) is -0.421. The summed E-state index contributed by atoms with van der Waals surface area (Å²) in [6, 6.07) is 13.4. The van der Waals surface area contributed by atoms with E-state index in [0.717, 1.165) is 17.2 Å². The van der Waals surface area contributed by atoms with E-state index in [9.17, 15) is 12.8 Å². The largest absolute Gasteiger partial charge is 0.357 e. The minimum atomic E-state index is -3.70. The van der Waals surface area contributed by atoms with Gasteiger partial charge in [0, 0.05) is 13.1 Å².